The molecule has 112 valence electrons. The van der Waals surface area contributed by atoms with E-state index < -0.39 is 0 Å². The molecule has 1 amide bonds. The fourth-order valence-corrected chi connectivity index (χ4v) is 2.76. The van der Waals surface area contributed by atoms with E-state index in [2.05, 4.69) is 20.4 Å². The minimum atomic E-state index is -0.197. The Bertz CT molecular complexity index is 776. The van der Waals surface area contributed by atoms with Crippen LogP contribution in [0.2, 0.25) is 0 Å². The number of amides is 1. The lowest BCUT2D eigenvalue weighted by Gasteiger charge is -2.04. The van der Waals surface area contributed by atoms with Crippen LogP contribution in [0.5, 0.6) is 0 Å². The van der Waals surface area contributed by atoms with Crippen molar-refractivity contribution in [2.75, 3.05) is 5.32 Å². The van der Waals surface area contributed by atoms with Gasteiger partial charge in [-0.3, -0.25) is 10.1 Å². The maximum Gasteiger partial charge on any atom is 0.231 e. The van der Waals surface area contributed by atoms with Crippen LogP contribution in [0.3, 0.4) is 0 Å². The average molecular weight is 314 g/mol. The van der Waals surface area contributed by atoms with E-state index in [9.17, 15) is 4.79 Å². The van der Waals surface area contributed by atoms with Crippen molar-refractivity contribution in [2.45, 2.75) is 20.3 Å². The SMILES string of the molecule is Cc1noc(C)c1CC(=O)Nc1nccc(-c2cccs2)n1. The van der Waals surface area contributed by atoms with Crippen molar-refractivity contribution in [3.05, 3.63) is 46.8 Å². The zero-order valence-corrected chi connectivity index (χ0v) is 13.0. The number of hydrogen-bond acceptors (Lipinski definition) is 6. The monoisotopic (exact) mass is 314 g/mol. The minimum absolute atomic E-state index is 0.188. The molecule has 6 nitrogen and oxygen atoms in total. The van der Waals surface area contributed by atoms with Crippen molar-refractivity contribution in [3.8, 4) is 10.6 Å². The molecule has 1 N–H and O–H groups in total. The van der Waals surface area contributed by atoms with E-state index in [4.69, 9.17) is 4.52 Å². The van der Waals surface area contributed by atoms with Crippen molar-refractivity contribution in [3.63, 3.8) is 0 Å². The van der Waals surface area contributed by atoms with Crippen LogP contribution in [-0.4, -0.2) is 21.0 Å². The van der Waals surface area contributed by atoms with Gasteiger partial charge in [0, 0.05) is 11.8 Å². The number of carbonyl (C=O) groups is 1. The number of anilines is 1. The molecule has 3 aromatic rings. The van der Waals surface area contributed by atoms with Gasteiger partial charge in [0.05, 0.1) is 22.7 Å². The zero-order valence-electron chi connectivity index (χ0n) is 12.2. The third-order valence-electron chi connectivity index (χ3n) is 3.20. The maximum absolute atomic E-state index is 12.1. The number of nitrogens with one attached hydrogen (secondary N) is 1. The van der Waals surface area contributed by atoms with Gasteiger partial charge >= 0.3 is 0 Å². The highest BCUT2D eigenvalue weighted by atomic mass is 32.1. The molecule has 0 radical (unpaired) electrons. The Morgan fingerprint density at radius 1 is 1.36 bits per heavy atom. The topological polar surface area (TPSA) is 80.9 Å². The molecular weight excluding hydrogens is 300 g/mol. The second kappa shape index (κ2) is 6.07. The van der Waals surface area contributed by atoms with Gasteiger partial charge in [-0.15, -0.1) is 11.3 Å². The van der Waals surface area contributed by atoms with Crippen LogP contribution >= 0.6 is 11.3 Å². The molecule has 0 saturated heterocycles. The molecule has 0 aromatic carbocycles. The predicted octanol–water partition coefficient (Wildman–Crippen LogP) is 2.99. The normalized spacial score (nSPS) is 10.6. The van der Waals surface area contributed by atoms with Crippen LogP contribution in [0.1, 0.15) is 17.0 Å². The van der Waals surface area contributed by atoms with E-state index in [1.165, 1.54) is 0 Å². The Morgan fingerprint density at radius 2 is 2.23 bits per heavy atom. The van der Waals surface area contributed by atoms with E-state index in [1.54, 1.807) is 24.5 Å². The maximum atomic E-state index is 12.1. The second-order valence-electron chi connectivity index (χ2n) is 4.77. The van der Waals surface area contributed by atoms with Crippen molar-refractivity contribution in [2.24, 2.45) is 0 Å². The van der Waals surface area contributed by atoms with Gasteiger partial charge in [0.2, 0.25) is 11.9 Å². The van der Waals surface area contributed by atoms with Crippen molar-refractivity contribution >= 4 is 23.2 Å². The van der Waals surface area contributed by atoms with Crippen molar-refractivity contribution in [1.29, 1.82) is 0 Å². The Morgan fingerprint density at radius 3 is 2.91 bits per heavy atom. The molecule has 3 rings (SSSR count). The molecule has 22 heavy (non-hydrogen) atoms. The Labute approximate surface area is 131 Å². The third kappa shape index (κ3) is 3.04. The van der Waals surface area contributed by atoms with Gasteiger partial charge < -0.3 is 4.52 Å². The summed E-state index contributed by atoms with van der Waals surface area (Å²) >= 11 is 1.59. The first-order valence-electron chi connectivity index (χ1n) is 6.72. The first-order chi connectivity index (χ1) is 10.6. The fraction of sp³-hybridized carbons (Fsp3) is 0.200. The number of hydrogen-bond donors (Lipinski definition) is 1. The van der Waals surface area contributed by atoms with Gasteiger partial charge in [-0.2, -0.15) is 0 Å². The number of rotatable bonds is 4. The number of aryl methyl sites for hydroxylation is 2. The second-order valence-corrected chi connectivity index (χ2v) is 5.72. The van der Waals surface area contributed by atoms with Crippen LogP contribution in [0.4, 0.5) is 5.95 Å². The first-order valence-corrected chi connectivity index (χ1v) is 7.60. The summed E-state index contributed by atoms with van der Waals surface area (Å²) < 4.78 is 5.05. The lowest BCUT2D eigenvalue weighted by Crippen LogP contribution is -2.17. The number of carbonyl (C=O) groups excluding carboxylic acids is 1. The number of aromatic nitrogens is 3. The van der Waals surface area contributed by atoms with E-state index in [1.807, 2.05) is 30.5 Å². The highest BCUT2D eigenvalue weighted by Gasteiger charge is 2.14. The Balaban J connectivity index is 1.73. The van der Waals surface area contributed by atoms with Gasteiger partial charge in [-0.1, -0.05) is 11.2 Å². The zero-order chi connectivity index (χ0) is 15.5. The van der Waals surface area contributed by atoms with Gasteiger partial charge in [-0.05, 0) is 31.4 Å². The van der Waals surface area contributed by atoms with Gasteiger partial charge in [0.15, 0.2) is 0 Å². The Kier molecular flexibility index (Phi) is 3.97. The predicted molar refractivity (Wildman–Crippen MR) is 83.7 cm³/mol. The molecule has 0 bridgehead atoms. The summed E-state index contributed by atoms with van der Waals surface area (Å²) in [6.07, 6.45) is 1.82. The first kappa shape index (κ1) is 14.4. The summed E-state index contributed by atoms with van der Waals surface area (Å²) in [6.45, 7) is 3.60. The summed E-state index contributed by atoms with van der Waals surface area (Å²) in [4.78, 5) is 21.6. The van der Waals surface area contributed by atoms with E-state index in [-0.39, 0.29) is 12.3 Å². The standard InChI is InChI=1S/C15H14N4O2S/c1-9-11(10(2)21-19-9)8-14(20)18-15-16-6-5-12(17-15)13-4-3-7-22-13/h3-7H,8H2,1-2H3,(H,16,17,18,20). The average Bonchev–Trinajstić information content (AvgIpc) is 3.13. The largest absolute Gasteiger partial charge is 0.361 e. The summed E-state index contributed by atoms with van der Waals surface area (Å²) in [6, 6.07) is 5.75. The van der Waals surface area contributed by atoms with Gasteiger partial charge in [0.25, 0.3) is 0 Å². The highest BCUT2D eigenvalue weighted by molar-refractivity contribution is 7.13. The molecular formula is C15H14N4O2S. The van der Waals surface area contributed by atoms with E-state index in [0.29, 0.717) is 11.7 Å². The molecule has 0 aliphatic carbocycles. The number of thiophene rings is 1. The lowest BCUT2D eigenvalue weighted by molar-refractivity contribution is -0.115. The van der Waals surface area contributed by atoms with Crippen LogP contribution in [0.25, 0.3) is 10.6 Å². The minimum Gasteiger partial charge on any atom is -0.361 e. The van der Waals surface area contributed by atoms with Crippen LogP contribution in [-0.2, 0) is 11.2 Å². The molecule has 0 fully saturated rings. The van der Waals surface area contributed by atoms with Gasteiger partial charge in [-0.25, -0.2) is 9.97 Å². The highest BCUT2D eigenvalue weighted by Crippen LogP contribution is 2.22. The molecule has 0 saturated carbocycles. The molecule has 7 heteroatoms. The molecule has 0 unspecified atom stereocenters. The smallest absolute Gasteiger partial charge is 0.231 e. The lowest BCUT2D eigenvalue weighted by atomic mass is 10.1. The summed E-state index contributed by atoms with van der Waals surface area (Å²) in [7, 11) is 0. The van der Waals surface area contributed by atoms with Crippen LogP contribution in [0.15, 0.2) is 34.3 Å². The summed E-state index contributed by atoms with van der Waals surface area (Å²) in [5.74, 6) is 0.751. The quantitative estimate of drug-likeness (QED) is 0.800. The van der Waals surface area contributed by atoms with Crippen LogP contribution in [0, 0.1) is 13.8 Å². The molecule has 0 spiro atoms. The summed E-state index contributed by atoms with van der Waals surface area (Å²) in [5, 5.41) is 8.53. The fourth-order valence-electron chi connectivity index (χ4n) is 2.06. The molecule has 3 heterocycles. The molecule has 3 aromatic heterocycles. The molecule has 0 aliphatic rings. The van der Waals surface area contributed by atoms with E-state index in [0.717, 1.165) is 21.8 Å². The van der Waals surface area contributed by atoms with Crippen molar-refractivity contribution in [1.82, 2.24) is 15.1 Å². The van der Waals surface area contributed by atoms with Gasteiger partial charge in [0.1, 0.15) is 5.76 Å². The number of nitrogens with zero attached hydrogens (tertiary/aromatic N) is 3. The summed E-state index contributed by atoms with van der Waals surface area (Å²) in [5.41, 5.74) is 2.31. The molecule has 0 atom stereocenters. The van der Waals surface area contributed by atoms with E-state index >= 15 is 0 Å². The third-order valence-corrected chi connectivity index (χ3v) is 4.09. The van der Waals surface area contributed by atoms with Crippen molar-refractivity contribution < 1.29 is 9.32 Å². The molecule has 0 aliphatic heterocycles. The Hall–Kier alpha value is -2.54. The van der Waals surface area contributed by atoms with Crippen LogP contribution < -0.4 is 5.32 Å².